The van der Waals surface area contributed by atoms with Crippen LogP contribution in [0, 0.1) is 6.92 Å². The number of aryl methyl sites for hydroxylation is 1. The van der Waals surface area contributed by atoms with Crippen molar-refractivity contribution in [2.75, 3.05) is 5.32 Å². The first-order chi connectivity index (χ1) is 14.0. The molecule has 1 saturated carbocycles. The molecule has 1 fully saturated rings. The van der Waals surface area contributed by atoms with Crippen molar-refractivity contribution in [3.63, 3.8) is 0 Å². The standard InChI is InChI=1S/C21H21N5O3/c1-13-10-22-21(25-19(13)14-3-2-4-15(9-14)20(28)29)24-16-11-23-26(12-16)17-5-7-18(27)8-6-17/h2-4,9-12,17H,5-8H2,1H3,(H,28,29)(H,22,24,25). The zero-order chi connectivity index (χ0) is 20.4. The second kappa shape index (κ2) is 7.83. The third-order valence-corrected chi connectivity index (χ3v) is 5.10. The molecule has 0 amide bonds. The molecule has 4 rings (SSSR count). The van der Waals surface area contributed by atoms with Crippen LogP contribution >= 0.6 is 0 Å². The summed E-state index contributed by atoms with van der Waals surface area (Å²) in [6.45, 7) is 1.88. The molecule has 0 radical (unpaired) electrons. The van der Waals surface area contributed by atoms with Gasteiger partial charge in [-0.15, -0.1) is 0 Å². The average Bonchev–Trinajstić information content (AvgIpc) is 3.18. The predicted molar refractivity (Wildman–Crippen MR) is 107 cm³/mol. The average molecular weight is 391 g/mol. The Balaban J connectivity index is 1.55. The molecule has 2 aromatic heterocycles. The summed E-state index contributed by atoms with van der Waals surface area (Å²) in [6.07, 6.45) is 8.14. The fraction of sp³-hybridized carbons (Fsp3) is 0.286. The van der Waals surface area contributed by atoms with Crippen LogP contribution in [0.25, 0.3) is 11.3 Å². The van der Waals surface area contributed by atoms with Crippen LogP contribution in [0.4, 0.5) is 11.6 Å². The molecule has 1 aliphatic carbocycles. The lowest BCUT2D eigenvalue weighted by molar-refractivity contribution is -0.120. The summed E-state index contributed by atoms with van der Waals surface area (Å²) in [6, 6.07) is 6.91. The number of hydrogen-bond donors (Lipinski definition) is 2. The van der Waals surface area contributed by atoms with Crippen LogP contribution in [0.15, 0.2) is 42.9 Å². The van der Waals surface area contributed by atoms with Gasteiger partial charge in [0.1, 0.15) is 5.78 Å². The highest BCUT2D eigenvalue weighted by Crippen LogP contribution is 2.28. The fourth-order valence-corrected chi connectivity index (χ4v) is 3.51. The van der Waals surface area contributed by atoms with E-state index in [0.717, 1.165) is 29.7 Å². The van der Waals surface area contributed by atoms with E-state index in [-0.39, 0.29) is 11.6 Å². The minimum atomic E-state index is -0.978. The maximum absolute atomic E-state index is 11.4. The van der Waals surface area contributed by atoms with Crippen molar-refractivity contribution in [2.45, 2.75) is 38.6 Å². The van der Waals surface area contributed by atoms with Gasteiger partial charge in [-0.1, -0.05) is 12.1 Å². The molecule has 0 spiro atoms. The van der Waals surface area contributed by atoms with Gasteiger partial charge >= 0.3 is 5.97 Å². The van der Waals surface area contributed by atoms with Crippen molar-refractivity contribution in [3.05, 3.63) is 54.0 Å². The number of carbonyl (C=O) groups is 2. The van der Waals surface area contributed by atoms with Gasteiger partial charge in [-0.3, -0.25) is 9.48 Å². The van der Waals surface area contributed by atoms with Crippen LogP contribution in [0.5, 0.6) is 0 Å². The molecule has 0 aliphatic heterocycles. The quantitative estimate of drug-likeness (QED) is 0.681. The molecule has 1 aromatic carbocycles. The molecule has 1 aliphatic rings. The molecule has 29 heavy (non-hydrogen) atoms. The highest BCUT2D eigenvalue weighted by molar-refractivity contribution is 5.89. The van der Waals surface area contributed by atoms with Gasteiger partial charge in [-0.05, 0) is 37.5 Å². The highest BCUT2D eigenvalue weighted by Gasteiger charge is 2.21. The Kier molecular flexibility index (Phi) is 5.07. The van der Waals surface area contributed by atoms with E-state index in [1.54, 1.807) is 30.6 Å². The minimum absolute atomic E-state index is 0.210. The zero-order valence-corrected chi connectivity index (χ0v) is 16.0. The molecule has 8 heteroatoms. The topological polar surface area (TPSA) is 110 Å². The van der Waals surface area contributed by atoms with Crippen molar-refractivity contribution in [3.8, 4) is 11.3 Å². The highest BCUT2D eigenvalue weighted by atomic mass is 16.4. The number of carbonyl (C=O) groups excluding carboxylic acids is 1. The van der Waals surface area contributed by atoms with E-state index in [9.17, 15) is 14.7 Å². The molecule has 3 aromatic rings. The Morgan fingerprint density at radius 2 is 2.03 bits per heavy atom. The Bertz CT molecular complexity index is 1070. The Morgan fingerprint density at radius 3 is 2.79 bits per heavy atom. The Morgan fingerprint density at radius 1 is 1.24 bits per heavy atom. The van der Waals surface area contributed by atoms with E-state index in [1.165, 1.54) is 0 Å². The molecule has 2 N–H and O–H groups in total. The third kappa shape index (κ3) is 4.16. The van der Waals surface area contributed by atoms with Crippen molar-refractivity contribution < 1.29 is 14.7 Å². The first-order valence-corrected chi connectivity index (χ1v) is 9.50. The number of aromatic carboxylic acids is 1. The van der Waals surface area contributed by atoms with E-state index >= 15 is 0 Å². The summed E-state index contributed by atoms with van der Waals surface area (Å²) in [5, 5.41) is 16.8. The van der Waals surface area contributed by atoms with Gasteiger partial charge < -0.3 is 10.4 Å². The number of nitrogens with zero attached hydrogens (tertiary/aromatic N) is 4. The molecule has 8 nitrogen and oxygen atoms in total. The van der Waals surface area contributed by atoms with Crippen LogP contribution in [-0.2, 0) is 4.79 Å². The smallest absolute Gasteiger partial charge is 0.335 e. The van der Waals surface area contributed by atoms with Crippen LogP contribution in [0.1, 0.15) is 47.6 Å². The fourth-order valence-electron chi connectivity index (χ4n) is 3.51. The van der Waals surface area contributed by atoms with Gasteiger partial charge in [0, 0.05) is 30.8 Å². The van der Waals surface area contributed by atoms with E-state index in [2.05, 4.69) is 20.4 Å². The number of aromatic nitrogens is 4. The number of ketones is 1. The second-order valence-corrected chi connectivity index (χ2v) is 7.22. The van der Waals surface area contributed by atoms with Gasteiger partial charge in [0.2, 0.25) is 5.95 Å². The summed E-state index contributed by atoms with van der Waals surface area (Å²) in [5.74, 6) is -0.252. The molecule has 0 atom stereocenters. The predicted octanol–water partition coefficient (Wildman–Crippen LogP) is 3.77. The van der Waals surface area contributed by atoms with Gasteiger partial charge in [-0.25, -0.2) is 14.8 Å². The molecule has 0 saturated heterocycles. The van der Waals surface area contributed by atoms with Crippen molar-refractivity contribution in [1.29, 1.82) is 0 Å². The summed E-state index contributed by atoms with van der Waals surface area (Å²) >= 11 is 0. The number of Topliss-reactive ketones (excluding diaryl/α,β-unsaturated/α-hetero) is 1. The second-order valence-electron chi connectivity index (χ2n) is 7.22. The maximum Gasteiger partial charge on any atom is 0.335 e. The first kappa shape index (κ1) is 18.8. The van der Waals surface area contributed by atoms with Crippen LogP contribution in [0.3, 0.4) is 0 Å². The Hall–Kier alpha value is -3.55. The number of nitrogens with one attached hydrogen (secondary N) is 1. The van der Waals surface area contributed by atoms with E-state index in [1.807, 2.05) is 23.9 Å². The lowest BCUT2D eigenvalue weighted by Gasteiger charge is -2.21. The number of hydrogen-bond acceptors (Lipinski definition) is 6. The van der Waals surface area contributed by atoms with Gasteiger partial charge in [0.15, 0.2) is 0 Å². The molecule has 148 valence electrons. The number of rotatable bonds is 5. The molecule has 0 unspecified atom stereocenters. The summed E-state index contributed by atoms with van der Waals surface area (Å²) in [7, 11) is 0. The minimum Gasteiger partial charge on any atom is -0.478 e. The molecule has 0 bridgehead atoms. The number of anilines is 2. The summed E-state index contributed by atoms with van der Waals surface area (Å²) in [5.41, 5.74) is 3.21. The third-order valence-electron chi connectivity index (χ3n) is 5.10. The number of carboxylic acid groups (broad SMARTS) is 1. The Labute approximate surface area is 167 Å². The van der Waals surface area contributed by atoms with Crippen molar-refractivity contribution in [2.24, 2.45) is 0 Å². The van der Waals surface area contributed by atoms with Gasteiger partial charge in [-0.2, -0.15) is 5.10 Å². The van der Waals surface area contributed by atoms with Gasteiger partial charge in [0.25, 0.3) is 0 Å². The molecular formula is C21H21N5O3. The largest absolute Gasteiger partial charge is 0.478 e. The number of carboxylic acids is 1. The van der Waals surface area contributed by atoms with Gasteiger partial charge in [0.05, 0.1) is 29.2 Å². The van der Waals surface area contributed by atoms with E-state index < -0.39 is 5.97 Å². The summed E-state index contributed by atoms with van der Waals surface area (Å²) in [4.78, 5) is 31.6. The van der Waals surface area contributed by atoms with Crippen LogP contribution in [0.2, 0.25) is 0 Å². The van der Waals surface area contributed by atoms with Crippen molar-refractivity contribution >= 4 is 23.4 Å². The van der Waals surface area contributed by atoms with Crippen LogP contribution in [-0.4, -0.2) is 36.6 Å². The van der Waals surface area contributed by atoms with E-state index in [0.29, 0.717) is 30.3 Å². The lowest BCUT2D eigenvalue weighted by atomic mass is 9.95. The van der Waals surface area contributed by atoms with E-state index in [4.69, 9.17) is 0 Å². The molecular weight excluding hydrogens is 370 g/mol. The normalized spacial score (nSPS) is 14.7. The maximum atomic E-state index is 11.4. The summed E-state index contributed by atoms with van der Waals surface area (Å²) < 4.78 is 1.89. The van der Waals surface area contributed by atoms with Crippen molar-refractivity contribution in [1.82, 2.24) is 19.7 Å². The van der Waals surface area contributed by atoms with Crippen LogP contribution < -0.4 is 5.32 Å². The zero-order valence-electron chi connectivity index (χ0n) is 16.0. The molecule has 2 heterocycles. The monoisotopic (exact) mass is 391 g/mol. The SMILES string of the molecule is Cc1cnc(Nc2cnn(C3CCC(=O)CC3)c2)nc1-c1cccc(C(=O)O)c1. The first-order valence-electron chi connectivity index (χ1n) is 9.50. The lowest BCUT2D eigenvalue weighted by Crippen LogP contribution is -2.18. The number of benzene rings is 1.